The fourth-order valence-corrected chi connectivity index (χ4v) is 1.37. The van der Waals surface area contributed by atoms with Gasteiger partial charge in [-0.3, -0.25) is 0 Å². The van der Waals surface area contributed by atoms with Crippen molar-refractivity contribution in [2.75, 3.05) is 6.61 Å². The van der Waals surface area contributed by atoms with Crippen molar-refractivity contribution in [1.29, 1.82) is 0 Å². The van der Waals surface area contributed by atoms with Gasteiger partial charge in [0, 0.05) is 11.6 Å². The van der Waals surface area contributed by atoms with Crippen LogP contribution in [0.5, 0.6) is 5.75 Å². The Morgan fingerprint density at radius 1 is 1.33 bits per heavy atom. The molecule has 3 nitrogen and oxygen atoms in total. The number of rotatable bonds is 6. The van der Waals surface area contributed by atoms with E-state index in [0.29, 0.717) is 6.61 Å². The van der Waals surface area contributed by atoms with Crippen LogP contribution in [0.4, 0.5) is 0 Å². The van der Waals surface area contributed by atoms with E-state index in [4.69, 9.17) is 9.47 Å². The van der Waals surface area contributed by atoms with E-state index in [-0.39, 0.29) is 12.1 Å². The molecule has 0 saturated heterocycles. The van der Waals surface area contributed by atoms with Gasteiger partial charge in [-0.25, -0.2) is 4.79 Å². The molecule has 0 fully saturated rings. The lowest BCUT2D eigenvalue weighted by molar-refractivity contribution is -0.137. The molecule has 1 atom stereocenters. The van der Waals surface area contributed by atoms with E-state index in [9.17, 15) is 4.79 Å². The van der Waals surface area contributed by atoms with Crippen molar-refractivity contribution in [1.82, 2.24) is 0 Å². The van der Waals surface area contributed by atoms with Crippen LogP contribution in [0.15, 0.2) is 30.3 Å². The third kappa shape index (κ3) is 4.62. The molecule has 0 saturated carbocycles. The molecule has 1 aromatic rings. The van der Waals surface area contributed by atoms with E-state index < -0.39 is 0 Å². The highest BCUT2D eigenvalue weighted by atomic mass is 16.5. The lowest BCUT2D eigenvalue weighted by Crippen LogP contribution is -2.10. The third-order valence-electron chi connectivity index (χ3n) is 2.51. The van der Waals surface area contributed by atoms with Gasteiger partial charge in [0.1, 0.15) is 5.75 Å². The largest absolute Gasteiger partial charge is 0.490 e. The number of hydrogen-bond acceptors (Lipinski definition) is 3. The number of esters is 1. The molecular formula is C15H20O3. The van der Waals surface area contributed by atoms with E-state index in [1.165, 1.54) is 6.08 Å². The second kappa shape index (κ2) is 7.54. The van der Waals surface area contributed by atoms with E-state index in [0.717, 1.165) is 17.7 Å². The van der Waals surface area contributed by atoms with Gasteiger partial charge in [0.05, 0.1) is 12.7 Å². The minimum absolute atomic E-state index is 0.155. The smallest absolute Gasteiger partial charge is 0.330 e. The molecule has 1 aromatic carbocycles. The Hall–Kier alpha value is -1.77. The summed E-state index contributed by atoms with van der Waals surface area (Å²) in [5.41, 5.74) is 0.880. The molecule has 3 heteroatoms. The Morgan fingerprint density at radius 2 is 2.06 bits per heavy atom. The summed E-state index contributed by atoms with van der Waals surface area (Å²) in [5.74, 6) is 0.447. The van der Waals surface area contributed by atoms with Gasteiger partial charge in [-0.15, -0.1) is 0 Å². The molecule has 0 amide bonds. The first-order chi connectivity index (χ1) is 8.67. The van der Waals surface area contributed by atoms with Crippen LogP contribution in [0.2, 0.25) is 0 Å². The zero-order valence-electron chi connectivity index (χ0n) is 11.2. The molecule has 1 unspecified atom stereocenters. The van der Waals surface area contributed by atoms with Crippen molar-refractivity contribution >= 4 is 12.0 Å². The summed E-state index contributed by atoms with van der Waals surface area (Å²) < 4.78 is 10.6. The highest BCUT2D eigenvalue weighted by Crippen LogP contribution is 2.21. The van der Waals surface area contributed by atoms with E-state index in [2.05, 4.69) is 6.92 Å². The summed E-state index contributed by atoms with van der Waals surface area (Å²) in [6.07, 6.45) is 4.23. The molecule has 98 valence electrons. The van der Waals surface area contributed by atoms with Gasteiger partial charge in [-0.2, -0.15) is 0 Å². The molecule has 0 N–H and O–H groups in total. The number of para-hydroxylation sites is 1. The zero-order chi connectivity index (χ0) is 13.4. The van der Waals surface area contributed by atoms with Gasteiger partial charge >= 0.3 is 5.97 Å². The van der Waals surface area contributed by atoms with Crippen LogP contribution in [0.3, 0.4) is 0 Å². The Balaban J connectivity index is 2.78. The van der Waals surface area contributed by atoms with E-state index in [1.807, 2.05) is 31.2 Å². The zero-order valence-corrected chi connectivity index (χ0v) is 11.2. The fraction of sp³-hybridized carbons (Fsp3) is 0.400. The normalized spacial score (nSPS) is 12.4. The molecule has 0 bridgehead atoms. The van der Waals surface area contributed by atoms with Crippen LogP contribution >= 0.6 is 0 Å². The van der Waals surface area contributed by atoms with Gasteiger partial charge in [-0.05, 0) is 32.4 Å². The third-order valence-corrected chi connectivity index (χ3v) is 2.51. The van der Waals surface area contributed by atoms with Crippen LogP contribution in [0.25, 0.3) is 6.08 Å². The molecule has 18 heavy (non-hydrogen) atoms. The van der Waals surface area contributed by atoms with Gasteiger partial charge in [0.25, 0.3) is 0 Å². The van der Waals surface area contributed by atoms with Crippen molar-refractivity contribution in [3.05, 3.63) is 35.9 Å². The van der Waals surface area contributed by atoms with Crippen LogP contribution in [0.1, 0.15) is 32.8 Å². The van der Waals surface area contributed by atoms with Gasteiger partial charge in [0.2, 0.25) is 0 Å². The monoisotopic (exact) mass is 248 g/mol. The maximum Gasteiger partial charge on any atom is 0.330 e. The first kappa shape index (κ1) is 14.3. The van der Waals surface area contributed by atoms with Crippen LogP contribution < -0.4 is 4.74 Å². The van der Waals surface area contributed by atoms with Crippen molar-refractivity contribution in [2.45, 2.75) is 33.3 Å². The Morgan fingerprint density at radius 3 is 2.72 bits per heavy atom. The topological polar surface area (TPSA) is 35.5 Å². The molecule has 0 aliphatic heterocycles. The summed E-state index contributed by atoms with van der Waals surface area (Å²) in [6, 6.07) is 7.64. The van der Waals surface area contributed by atoms with Crippen molar-refractivity contribution in [2.24, 2.45) is 0 Å². The molecule has 0 aliphatic rings. The predicted octanol–water partition coefficient (Wildman–Crippen LogP) is 3.44. The van der Waals surface area contributed by atoms with Crippen LogP contribution in [0, 0.1) is 0 Å². The number of hydrogen-bond donors (Lipinski definition) is 0. The summed E-state index contributed by atoms with van der Waals surface area (Å²) in [4.78, 5) is 11.3. The SMILES string of the molecule is CCOC(=O)/C=C/c1ccccc1OC(C)CC. The summed E-state index contributed by atoms with van der Waals surface area (Å²) >= 11 is 0. The van der Waals surface area contributed by atoms with Gasteiger partial charge < -0.3 is 9.47 Å². The average Bonchev–Trinajstić information content (AvgIpc) is 2.38. The fourth-order valence-electron chi connectivity index (χ4n) is 1.37. The lowest BCUT2D eigenvalue weighted by Gasteiger charge is -2.14. The molecule has 0 heterocycles. The van der Waals surface area contributed by atoms with Crippen LogP contribution in [-0.2, 0) is 9.53 Å². The predicted molar refractivity (Wildman–Crippen MR) is 72.5 cm³/mol. The molecule has 0 aromatic heterocycles. The summed E-state index contributed by atoms with van der Waals surface area (Å²) in [5, 5.41) is 0. The summed E-state index contributed by atoms with van der Waals surface area (Å²) in [6.45, 7) is 6.26. The van der Waals surface area contributed by atoms with E-state index in [1.54, 1.807) is 13.0 Å². The van der Waals surface area contributed by atoms with Crippen LogP contribution in [-0.4, -0.2) is 18.7 Å². The number of benzene rings is 1. The number of carbonyl (C=O) groups is 1. The Bertz CT molecular complexity index is 410. The van der Waals surface area contributed by atoms with Gasteiger partial charge in [-0.1, -0.05) is 25.1 Å². The first-order valence-corrected chi connectivity index (χ1v) is 6.27. The highest BCUT2D eigenvalue weighted by molar-refractivity contribution is 5.87. The standard InChI is InChI=1S/C15H20O3/c1-4-12(3)18-14-9-7-6-8-13(14)10-11-15(16)17-5-2/h6-12H,4-5H2,1-3H3/b11-10+. The van der Waals surface area contributed by atoms with E-state index >= 15 is 0 Å². The second-order valence-corrected chi connectivity index (χ2v) is 3.96. The van der Waals surface area contributed by atoms with Crippen molar-refractivity contribution in [3.63, 3.8) is 0 Å². The minimum Gasteiger partial charge on any atom is -0.490 e. The number of carbonyl (C=O) groups excluding carboxylic acids is 1. The molecule has 1 rings (SSSR count). The molecule has 0 spiro atoms. The number of ether oxygens (including phenoxy) is 2. The molecular weight excluding hydrogens is 228 g/mol. The Labute approximate surface area is 108 Å². The minimum atomic E-state index is -0.337. The van der Waals surface area contributed by atoms with Gasteiger partial charge in [0.15, 0.2) is 0 Å². The second-order valence-electron chi connectivity index (χ2n) is 3.96. The van der Waals surface area contributed by atoms with Crippen molar-refractivity contribution in [3.8, 4) is 5.75 Å². The van der Waals surface area contributed by atoms with Crippen molar-refractivity contribution < 1.29 is 14.3 Å². The molecule has 0 radical (unpaired) electrons. The Kier molecular flexibility index (Phi) is 5.98. The highest BCUT2D eigenvalue weighted by Gasteiger charge is 2.04. The molecule has 0 aliphatic carbocycles. The average molecular weight is 248 g/mol. The maximum atomic E-state index is 11.3. The maximum absolute atomic E-state index is 11.3. The quantitative estimate of drug-likeness (QED) is 0.571. The summed E-state index contributed by atoms with van der Waals surface area (Å²) in [7, 11) is 0. The lowest BCUT2D eigenvalue weighted by atomic mass is 10.2. The first-order valence-electron chi connectivity index (χ1n) is 6.27.